The van der Waals surface area contributed by atoms with E-state index in [0.717, 1.165) is 25.1 Å². The average molecular weight is 368 g/mol. The highest BCUT2D eigenvalue weighted by molar-refractivity contribution is 9.11. The maximum atomic E-state index is 5.49. The van der Waals surface area contributed by atoms with Crippen LogP contribution in [0.5, 0.6) is 5.75 Å². The Balaban J connectivity index is 2.26. The van der Waals surface area contributed by atoms with Gasteiger partial charge in [-0.25, -0.2) is 0 Å². The number of aryl methyl sites for hydroxylation is 1. The minimum atomic E-state index is 0.323. The molecule has 0 amide bonds. The summed E-state index contributed by atoms with van der Waals surface area (Å²) in [5.41, 5.74) is 2.63. The second-order valence-electron chi connectivity index (χ2n) is 5.08. The smallest absolute Gasteiger partial charge is 0.122 e. The second-order valence-corrected chi connectivity index (χ2v) is 7.72. The van der Waals surface area contributed by atoms with E-state index in [-0.39, 0.29) is 0 Å². The van der Waals surface area contributed by atoms with Gasteiger partial charge in [0.05, 0.1) is 10.9 Å². The third-order valence-electron chi connectivity index (χ3n) is 3.56. The Kier molecular flexibility index (Phi) is 6.27. The Morgan fingerprint density at radius 2 is 2.10 bits per heavy atom. The quantitative estimate of drug-likeness (QED) is 0.733. The lowest BCUT2D eigenvalue weighted by Crippen LogP contribution is -2.24. The first-order valence-electron chi connectivity index (χ1n) is 7.26. The lowest BCUT2D eigenvalue weighted by atomic mass is 9.98. The van der Waals surface area contributed by atoms with E-state index in [1.807, 2.05) is 12.1 Å². The zero-order chi connectivity index (χ0) is 15.2. The van der Waals surface area contributed by atoms with Crippen LogP contribution in [0.15, 0.2) is 34.1 Å². The van der Waals surface area contributed by atoms with Gasteiger partial charge in [-0.15, -0.1) is 11.3 Å². The predicted molar refractivity (Wildman–Crippen MR) is 94.5 cm³/mol. The molecule has 4 heteroatoms. The first-order valence-corrected chi connectivity index (χ1v) is 8.87. The third-order valence-corrected chi connectivity index (χ3v) is 5.13. The molecule has 0 fully saturated rings. The van der Waals surface area contributed by atoms with Crippen LogP contribution < -0.4 is 10.1 Å². The van der Waals surface area contributed by atoms with E-state index in [0.29, 0.717) is 6.04 Å². The molecule has 0 bridgehead atoms. The number of thiophene rings is 1. The van der Waals surface area contributed by atoms with Gasteiger partial charge in [-0.05, 0) is 65.5 Å². The van der Waals surface area contributed by atoms with E-state index in [9.17, 15) is 0 Å². The predicted octanol–water partition coefficient (Wildman–Crippen LogP) is 5.11. The number of para-hydroxylation sites is 1. The van der Waals surface area contributed by atoms with E-state index in [4.69, 9.17) is 4.74 Å². The molecule has 0 saturated carbocycles. The van der Waals surface area contributed by atoms with Gasteiger partial charge in [0, 0.05) is 10.9 Å². The summed E-state index contributed by atoms with van der Waals surface area (Å²) >= 11 is 5.40. The van der Waals surface area contributed by atoms with Gasteiger partial charge in [0.1, 0.15) is 5.75 Å². The van der Waals surface area contributed by atoms with Gasteiger partial charge >= 0.3 is 0 Å². The lowest BCUT2D eigenvalue weighted by Gasteiger charge is -2.20. The molecular formula is C17H22BrNOS. The number of halogens is 1. The molecule has 0 aliphatic heterocycles. The molecule has 1 N–H and O–H groups in total. The molecule has 1 atom stereocenters. The van der Waals surface area contributed by atoms with Gasteiger partial charge in [-0.1, -0.05) is 25.1 Å². The van der Waals surface area contributed by atoms with Crippen molar-refractivity contribution in [3.05, 3.63) is 50.1 Å². The van der Waals surface area contributed by atoms with Crippen LogP contribution in [0.25, 0.3) is 0 Å². The van der Waals surface area contributed by atoms with Crippen LogP contribution in [0, 0.1) is 6.92 Å². The van der Waals surface area contributed by atoms with E-state index < -0.39 is 0 Å². The molecule has 0 aliphatic carbocycles. The van der Waals surface area contributed by atoms with E-state index in [1.165, 1.54) is 19.8 Å². The Bertz CT molecular complexity index is 582. The fourth-order valence-electron chi connectivity index (χ4n) is 2.51. The van der Waals surface area contributed by atoms with Crippen LogP contribution in [0.1, 0.15) is 35.4 Å². The van der Waals surface area contributed by atoms with Gasteiger partial charge in [0.2, 0.25) is 0 Å². The second kappa shape index (κ2) is 7.97. The first kappa shape index (κ1) is 16.5. The number of ether oxygens (including phenoxy) is 1. The number of hydrogen-bond acceptors (Lipinski definition) is 3. The normalized spacial score (nSPS) is 12.4. The highest BCUT2D eigenvalue weighted by atomic mass is 79.9. The molecule has 1 aromatic carbocycles. The van der Waals surface area contributed by atoms with Crippen molar-refractivity contribution in [2.45, 2.75) is 32.7 Å². The Labute approximate surface area is 139 Å². The van der Waals surface area contributed by atoms with Gasteiger partial charge in [-0.3, -0.25) is 0 Å². The molecule has 1 aromatic heterocycles. The number of benzene rings is 1. The number of hydrogen-bond donors (Lipinski definition) is 1. The SMILES string of the molecule is CCCNC(Cc1ccccc1OC)c1cc(Br)sc1C. The zero-order valence-electron chi connectivity index (χ0n) is 12.8. The van der Waals surface area contributed by atoms with Gasteiger partial charge < -0.3 is 10.1 Å². The van der Waals surface area contributed by atoms with Crippen molar-refractivity contribution in [3.63, 3.8) is 0 Å². The number of methoxy groups -OCH3 is 1. The summed E-state index contributed by atoms with van der Waals surface area (Å²) in [7, 11) is 1.74. The van der Waals surface area contributed by atoms with Crippen LogP contribution in [-0.2, 0) is 6.42 Å². The molecule has 0 spiro atoms. The van der Waals surface area contributed by atoms with Crippen molar-refractivity contribution < 1.29 is 4.74 Å². The minimum absolute atomic E-state index is 0.323. The van der Waals surface area contributed by atoms with Crippen LogP contribution in [0.3, 0.4) is 0 Å². The zero-order valence-corrected chi connectivity index (χ0v) is 15.2. The van der Waals surface area contributed by atoms with Gasteiger partial charge in [0.15, 0.2) is 0 Å². The number of rotatable bonds is 7. The topological polar surface area (TPSA) is 21.3 Å². The number of nitrogens with one attached hydrogen (secondary N) is 1. The first-order chi connectivity index (χ1) is 10.2. The molecule has 114 valence electrons. The highest BCUT2D eigenvalue weighted by Gasteiger charge is 2.18. The molecule has 1 heterocycles. The molecule has 21 heavy (non-hydrogen) atoms. The molecule has 2 aromatic rings. The molecule has 2 rings (SSSR count). The highest BCUT2D eigenvalue weighted by Crippen LogP contribution is 2.33. The molecule has 0 radical (unpaired) electrons. The summed E-state index contributed by atoms with van der Waals surface area (Å²) in [5, 5.41) is 3.67. The molecule has 0 saturated heterocycles. The van der Waals surface area contributed by atoms with E-state index in [2.05, 4.69) is 53.3 Å². The summed E-state index contributed by atoms with van der Waals surface area (Å²) < 4.78 is 6.68. The molecule has 1 unspecified atom stereocenters. The van der Waals surface area contributed by atoms with Crippen molar-refractivity contribution >= 4 is 27.3 Å². The summed E-state index contributed by atoms with van der Waals surface area (Å²) in [4.78, 5) is 1.37. The Morgan fingerprint density at radius 3 is 2.71 bits per heavy atom. The van der Waals surface area contributed by atoms with Crippen molar-refractivity contribution in [3.8, 4) is 5.75 Å². The summed E-state index contributed by atoms with van der Waals surface area (Å²) in [6.07, 6.45) is 2.07. The van der Waals surface area contributed by atoms with E-state index in [1.54, 1.807) is 18.4 Å². The lowest BCUT2D eigenvalue weighted by molar-refractivity contribution is 0.405. The van der Waals surface area contributed by atoms with Crippen molar-refractivity contribution in [2.24, 2.45) is 0 Å². The monoisotopic (exact) mass is 367 g/mol. The third kappa shape index (κ3) is 4.31. The molecular weight excluding hydrogens is 346 g/mol. The van der Waals surface area contributed by atoms with Gasteiger partial charge in [0.25, 0.3) is 0 Å². The van der Waals surface area contributed by atoms with Crippen LogP contribution in [0.2, 0.25) is 0 Å². The molecule has 2 nitrogen and oxygen atoms in total. The summed E-state index contributed by atoms with van der Waals surface area (Å²) in [6.45, 7) is 5.41. The van der Waals surface area contributed by atoms with E-state index >= 15 is 0 Å². The van der Waals surface area contributed by atoms with Crippen molar-refractivity contribution in [1.29, 1.82) is 0 Å². The maximum Gasteiger partial charge on any atom is 0.122 e. The van der Waals surface area contributed by atoms with Crippen LogP contribution in [0.4, 0.5) is 0 Å². The molecule has 0 aliphatic rings. The Morgan fingerprint density at radius 1 is 1.33 bits per heavy atom. The minimum Gasteiger partial charge on any atom is -0.496 e. The van der Waals surface area contributed by atoms with Crippen LogP contribution in [-0.4, -0.2) is 13.7 Å². The fourth-order valence-corrected chi connectivity index (χ4v) is 4.28. The average Bonchev–Trinajstić information content (AvgIpc) is 2.82. The summed E-state index contributed by atoms with van der Waals surface area (Å²) in [6, 6.07) is 10.8. The van der Waals surface area contributed by atoms with Crippen molar-refractivity contribution in [2.75, 3.05) is 13.7 Å². The maximum absolute atomic E-state index is 5.49. The Hall–Kier alpha value is -0.840. The van der Waals surface area contributed by atoms with Crippen LogP contribution >= 0.6 is 27.3 Å². The summed E-state index contributed by atoms with van der Waals surface area (Å²) in [5.74, 6) is 0.966. The van der Waals surface area contributed by atoms with Gasteiger partial charge in [-0.2, -0.15) is 0 Å². The standard InChI is InChI=1S/C17H22BrNOS/c1-4-9-19-15(14-11-17(18)21-12(14)2)10-13-7-5-6-8-16(13)20-3/h5-8,11,15,19H,4,9-10H2,1-3H3. The van der Waals surface area contributed by atoms with Crippen molar-refractivity contribution in [1.82, 2.24) is 5.32 Å². The largest absolute Gasteiger partial charge is 0.496 e. The fraction of sp³-hybridized carbons (Fsp3) is 0.412.